The topological polar surface area (TPSA) is 52.9 Å². The highest BCUT2D eigenvalue weighted by molar-refractivity contribution is 9.10. The number of halogens is 1. The summed E-state index contributed by atoms with van der Waals surface area (Å²) in [5.41, 5.74) is 1.68. The fourth-order valence-corrected chi connectivity index (χ4v) is 2.51. The Bertz CT molecular complexity index is 398. The number of hydrogen-bond acceptors (Lipinski definition) is 4. The van der Waals surface area contributed by atoms with Crippen LogP contribution >= 0.6 is 15.9 Å². The van der Waals surface area contributed by atoms with Gasteiger partial charge in [-0.25, -0.2) is 0 Å². The van der Waals surface area contributed by atoms with Crippen molar-refractivity contribution in [2.24, 2.45) is 0 Å². The molecule has 0 spiro atoms. The van der Waals surface area contributed by atoms with Crippen LogP contribution in [-0.2, 0) is 11.3 Å². The minimum absolute atomic E-state index is 0.311. The molecule has 0 saturated heterocycles. The Balaban J connectivity index is 2.67. The van der Waals surface area contributed by atoms with Crippen molar-refractivity contribution in [1.82, 2.24) is 4.90 Å². The van der Waals surface area contributed by atoms with Gasteiger partial charge in [-0.1, -0.05) is 15.9 Å². The number of aryl methyl sites for hydroxylation is 1. The first-order valence-corrected chi connectivity index (χ1v) is 6.57. The summed E-state index contributed by atoms with van der Waals surface area (Å²) in [7, 11) is 3.46. The minimum Gasteiger partial charge on any atom is -0.507 e. The fraction of sp³-hybridized carbons (Fsp3) is 0.538. The number of aliphatic hydroxyl groups is 1. The van der Waals surface area contributed by atoms with Gasteiger partial charge in [0, 0.05) is 30.2 Å². The number of aliphatic hydroxyl groups excluding tert-OH is 1. The van der Waals surface area contributed by atoms with Gasteiger partial charge in [0.1, 0.15) is 5.75 Å². The molecular formula is C13H20BrNO3. The molecule has 1 aromatic rings. The number of phenolic OH excluding ortho intramolecular Hbond substituents is 1. The quantitative estimate of drug-likeness (QED) is 0.841. The van der Waals surface area contributed by atoms with E-state index in [0.29, 0.717) is 25.4 Å². The third kappa shape index (κ3) is 4.57. The summed E-state index contributed by atoms with van der Waals surface area (Å²) in [4.78, 5) is 1.95. The molecule has 1 atom stereocenters. The van der Waals surface area contributed by atoms with E-state index in [9.17, 15) is 10.2 Å². The Morgan fingerprint density at radius 2 is 2.11 bits per heavy atom. The first-order valence-electron chi connectivity index (χ1n) is 5.77. The molecule has 1 aromatic carbocycles. The SMILES string of the molecule is COCC(O)CN(C)Cc1cc(Br)cc(C)c1O. The average molecular weight is 318 g/mol. The zero-order chi connectivity index (χ0) is 13.7. The Hall–Kier alpha value is -0.620. The number of phenols is 1. The molecule has 0 fully saturated rings. The molecule has 1 unspecified atom stereocenters. The number of methoxy groups -OCH3 is 1. The molecule has 5 heteroatoms. The molecule has 0 radical (unpaired) electrons. The molecular weight excluding hydrogens is 298 g/mol. The van der Waals surface area contributed by atoms with Crippen LogP contribution in [-0.4, -0.2) is 48.5 Å². The summed E-state index contributed by atoms with van der Waals surface area (Å²) in [5.74, 6) is 0.311. The van der Waals surface area contributed by atoms with Gasteiger partial charge in [-0.3, -0.25) is 4.90 Å². The molecule has 0 heterocycles. The normalized spacial score (nSPS) is 13.0. The van der Waals surface area contributed by atoms with Crippen LogP contribution in [0.5, 0.6) is 5.75 Å². The van der Waals surface area contributed by atoms with Crippen LogP contribution in [0.4, 0.5) is 0 Å². The largest absolute Gasteiger partial charge is 0.507 e. The average Bonchev–Trinajstić information content (AvgIpc) is 2.25. The smallest absolute Gasteiger partial charge is 0.123 e. The van der Waals surface area contributed by atoms with Gasteiger partial charge in [0.05, 0.1) is 12.7 Å². The van der Waals surface area contributed by atoms with E-state index in [-0.39, 0.29) is 0 Å². The Kier molecular flexibility index (Phi) is 6.08. The van der Waals surface area contributed by atoms with Gasteiger partial charge in [0.2, 0.25) is 0 Å². The predicted molar refractivity (Wildman–Crippen MR) is 74.8 cm³/mol. The summed E-state index contributed by atoms with van der Waals surface area (Å²) in [6.45, 7) is 3.25. The summed E-state index contributed by atoms with van der Waals surface area (Å²) < 4.78 is 5.83. The highest BCUT2D eigenvalue weighted by Gasteiger charge is 2.12. The van der Waals surface area contributed by atoms with E-state index in [4.69, 9.17) is 4.74 Å². The molecule has 0 bridgehead atoms. The number of nitrogens with zero attached hydrogens (tertiary/aromatic N) is 1. The zero-order valence-electron chi connectivity index (χ0n) is 11.0. The molecule has 0 aliphatic heterocycles. The van der Waals surface area contributed by atoms with Gasteiger partial charge in [0.15, 0.2) is 0 Å². The molecule has 0 aliphatic carbocycles. The lowest BCUT2D eigenvalue weighted by molar-refractivity contribution is 0.0417. The van der Waals surface area contributed by atoms with Crippen LogP contribution < -0.4 is 0 Å². The van der Waals surface area contributed by atoms with Gasteiger partial charge in [-0.2, -0.15) is 0 Å². The van der Waals surface area contributed by atoms with Crippen LogP contribution in [0.1, 0.15) is 11.1 Å². The number of likely N-dealkylation sites (N-methyl/N-ethyl adjacent to an activating group) is 1. The van der Waals surface area contributed by atoms with Crippen molar-refractivity contribution in [3.63, 3.8) is 0 Å². The van der Waals surface area contributed by atoms with E-state index in [1.165, 1.54) is 0 Å². The summed E-state index contributed by atoms with van der Waals surface area (Å²) in [6.07, 6.45) is -0.518. The van der Waals surface area contributed by atoms with Crippen LogP contribution in [0.15, 0.2) is 16.6 Å². The van der Waals surface area contributed by atoms with Crippen LogP contribution in [0.2, 0.25) is 0 Å². The Morgan fingerprint density at radius 3 is 2.72 bits per heavy atom. The number of aromatic hydroxyl groups is 1. The van der Waals surface area contributed by atoms with E-state index < -0.39 is 6.10 Å². The van der Waals surface area contributed by atoms with E-state index >= 15 is 0 Å². The molecule has 2 N–H and O–H groups in total. The monoisotopic (exact) mass is 317 g/mol. The van der Waals surface area contributed by atoms with Crippen molar-refractivity contribution in [2.45, 2.75) is 19.6 Å². The lowest BCUT2D eigenvalue weighted by Crippen LogP contribution is -2.31. The van der Waals surface area contributed by atoms with E-state index in [2.05, 4.69) is 15.9 Å². The third-order valence-electron chi connectivity index (χ3n) is 2.67. The maximum absolute atomic E-state index is 9.97. The molecule has 4 nitrogen and oxygen atoms in total. The standard InChI is InChI=1S/C13H20BrNO3/c1-9-4-11(14)5-10(13(9)17)6-15(2)7-12(16)8-18-3/h4-5,12,16-17H,6-8H2,1-3H3. The van der Waals surface area contributed by atoms with Gasteiger partial charge in [-0.15, -0.1) is 0 Å². The van der Waals surface area contributed by atoms with E-state index in [1.807, 2.05) is 31.0 Å². The second-order valence-electron chi connectivity index (χ2n) is 4.54. The van der Waals surface area contributed by atoms with Crippen molar-refractivity contribution in [2.75, 3.05) is 27.3 Å². The molecule has 0 aromatic heterocycles. The summed E-state index contributed by atoms with van der Waals surface area (Å²) in [5, 5.41) is 19.6. The molecule has 0 saturated carbocycles. The van der Waals surface area contributed by atoms with Crippen LogP contribution in [0.3, 0.4) is 0 Å². The zero-order valence-corrected chi connectivity index (χ0v) is 12.6. The predicted octanol–water partition coefficient (Wildman–Crippen LogP) is 1.90. The van der Waals surface area contributed by atoms with Gasteiger partial charge in [-0.05, 0) is 31.7 Å². The van der Waals surface area contributed by atoms with Crippen molar-refractivity contribution in [3.05, 3.63) is 27.7 Å². The maximum atomic E-state index is 9.97. The van der Waals surface area contributed by atoms with Gasteiger partial charge < -0.3 is 14.9 Å². The lowest BCUT2D eigenvalue weighted by Gasteiger charge is -2.21. The summed E-state index contributed by atoms with van der Waals surface area (Å²) >= 11 is 3.41. The van der Waals surface area contributed by atoms with E-state index in [1.54, 1.807) is 7.11 Å². The second-order valence-corrected chi connectivity index (χ2v) is 5.45. The lowest BCUT2D eigenvalue weighted by atomic mass is 10.1. The first-order chi connectivity index (χ1) is 8.43. The van der Waals surface area contributed by atoms with E-state index in [0.717, 1.165) is 15.6 Å². The van der Waals surface area contributed by atoms with Crippen molar-refractivity contribution in [3.8, 4) is 5.75 Å². The van der Waals surface area contributed by atoms with Crippen molar-refractivity contribution < 1.29 is 14.9 Å². The second kappa shape index (κ2) is 7.09. The molecule has 102 valence electrons. The van der Waals surface area contributed by atoms with Crippen molar-refractivity contribution in [1.29, 1.82) is 0 Å². The first kappa shape index (κ1) is 15.4. The van der Waals surface area contributed by atoms with Gasteiger partial charge in [0.25, 0.3) is 0 Å². The number of hydrogen-bond donors (Lipinski definition) is 2. The maximum Gasteiger partial charge on any atom is 0.123 e. The highest BCUT2D eigenvalue weighted by Crippen LogP contribution is 2.27. The Labute approximate surface area is 116 Å². The Morgan fingerprint density at radius 1 is 1.44 bits per heavy atom. The summed E-state index contributed by atoms with van der Waals surface area (Å²) in [6, 6.07) is 3.76. The minimum atomic E-state index is -0.518. The van der Waals surface area contributed by atoms with Gasteiger partial charge >= 0.3 is 0 Å². The van der Waals surface area contributed by atoms with Crippen molar-refractivity contribution >= 4 is 15.9 Å². The molecule has 0 aliphatic rings. The molecule has 1 rings (SSSR count). The highest BCUT2D eigenvalue weighted by atomic mass is 79.9. The number of ether oxygens (including phenoxy) is 1. The third-order valence-corrected chi connectivity index (χ3v) is 3.12. The van der Waals surface area contributed by atoms with Crippen LogP contribution in [0.25, 0.3) is 0 Å². The fourth-order valence-electron chi connectivity index (χ4n) is 1.89. The molecule has 18 heavy (non-hydrogen) atoms. The number of benzene rings is 1. The van der Waals surface area contributed by atoms with Crippen LogP contribution in [0, 0.1) is 6.92 Å². The molecule has 0 amide bonds. The number of rotatable bonds is 6.